The van der Waals surface area contributed by atoms with Crippen molar-refractivity contribution < 1.29 is 29.1 Å². The summed E-state index contributed by atoms with van der Waals surface area (Å²) >= 11 is 0. The Kier molecular flexibility index (Phi) is 18.6. The van der Waals surface area contributed by atoms with Crippen LogP contribution in [-0.2, 0) is 9.36 Å². The summed E-state index contributed by atoms with van der Waals surface area (Å²) in [5.74, 6) is -0.916. The minimum absolute atomic E-state index is 0. The van der Waals surface area contributed by atoms with Gasteiger partial charge in [-0.15, -0.1) is 0 Å². The van der Waals surface area contributed by atoms with E-state index in [1.165, 1.54) is 25.7 Å². The van der Waals surface area contributed by atoms with Crippen LogP contribution in [0.3, 0.4) is 0 Å². The standard InChI is InChI=1S/C9H18O2.Al.H3O4P/c1-2-3-4-5-6-7-8-9(10)11;;1-5(2,3)4/h2-8H2,1H3,(H,10,11);;(H3,1,2,3,4)/q;+3;/p-4. The summed E-state index contributed by atoms with van der Waals surface area (Å²) < 4.78 is 8.55. The van der Waals surface area contributed by atoms with Crippen molar-refractivity contribution in [3.8, 4) is 0 Å². The van der Waals surface area contributed by atoms with Crippen LogP contribution < -0.4 is 19.8 Å². The molecule has 0 aliphatic rings. The molecule has 0 aromatic rings. The summed E-state index contributed by atoms with van der Waals surface area (Å²) in [6.07, 6.45) is 6.96. The molecular formula is C9H17AlO6P-. The number of aliphatic carboxylic acids is 1. The molecule has 0 rings (SSSR count). The smallest absolute Gasteiger partial charge is 0.822 e. The van der Waals surface area contributed by atoms with Crippen molar-refractivity contribution in [1.82, 2.24) is 0 Å². The van der Waals surface area contributed by atoms with Crippen LogP contribution in [0.25, 0.3) is 0 Å². The van der Waals surface area contributed by atoms with Crippen LogP contribution in [0.4, 0.5) is 0 Å². The normalized spacial score (nSPS) is 9.88. The van der Waals surface area contributed by atoms with Crippen molar-refractivity contribution in [2.45, 2.75) is 51.9 Å². The minimum atomic E-state index is -5.39. The molecule has 0 radical (unpaired) electrons. The van der Waals surface area contributed by atoms with Crippen LogP contribution in [0.5, 0.6) is 0 Å². The Balaban J connectivity index is -0.000000280. The maximum atomic E-state index is 9.98. The van der Waals surface area contributed by atoms with Crippen molar-refractivity contribution in [3.63, 3.8) is 0 Å². The van der Waals surface area contributed by atoms with E-state index in [4.69, 9.17) is 19.2 Å². The van der Waals surface area contributed by atoms with Gasteiger partial charge in [-0.1, -0.05) is 39.0 Å². The van der Waals surface area contributed by atoms with Crippen LogP contribution in [0.15, 0.2) is 0 Å². The minimum Gasteiger partial charge on any atom is -0.822 e. The van der Waals surface area contributed by atoms with Gasteiger partial charge in [-0.05, 0) is 12.8 Å². The molecule has 6 nitrogen and oxygen atoms in total. The number of carbonyl (C=O) groups is 1. The molecule has 0 heterocycles. The van der Waals surface area contributed by atoms with E-state index in [9.17, 15) is 9.90 Å². The average Bonchev–Trinajstić information content (AvgIpc) is 2.08. The van der Waals surface area contributed by atoms with Gasteiger partial charge in [0, 0.05) is 5.97 Å². The molecule has 0 unspecified atom stereocenters. The predicted octanol–water partition coefficient (Wildman–Crippen LogP) is -1.72. The zero-order valence-electron chi connectivity index (χ0n) is 9.92. The second-order valence-electron chi connectivity index (χ2n) is 3.34. The van der Waals surface area contributed by atoms with E-state index in [0.717, 1.165) is 12.8 Å². The molecule has 0 aliphatic carbocycles. The number of unbranched alkanes of at least 4 members (excludes halogenated alkanes) is 5. The number of carboxylic acids is 1. The van der Waals surface area contributed by atoms with Gasteiger partial charge in [0.25, 0.3) is 0 Å². The Morgan fingerprint density at radius 2 is 1.35 bits per heavy atom. The first-order valence-corrected chi connectivity index (χ1v) is 6.66. The third-order valence-corrected chi connectivity index (χ3v) is 1.73. The summed E-state index contributed by atoms with van der Waals surface area (Å²) in [6.45, 7) is 2.17. The van der Waals surface area contributed by atoms with Gasteiger partial charge in [0.15, 0.2) is 0 Å². The molecule has 0 N–H and O–H groups in total. The summed E-state index contributed by atoms with van der Waals surface area (Å²) in [7, 11) is -5.39. The van der Waals surface area contributed by atoms with E-state index >= 15 is 0 Å². The van der Waals surface area contributed by atoms with Gasteiger partial charge in [-0.2, -0.15) is 7.82 Å². The van der Waals surface area contributed by atoms with E-state index in [0.29, 0.717) is 0 Å². The first-order valence-electron chi connectivity index (χ1n) is 5.20. The summed E-state index contributed by atoms with van der Waals surface area (Å²) in [4.78, 5) is 35.6. The Morgan fingerprint density at radius 1 is 1.00 bits per heavy atom. The molecule has 0 fully saturated rings. The van der Waals surface area contributed by atoms with Crippen molar-refractivity contribution in [3.05, 3.63) is 0 Å². The Bertz CT molecular complexity index is 209. The van der Waals surface area contributed by atoms with Crippen molar-refractivity contribution in [1.29, 1.82) is 0 Å². The predicted molar refractivity (Wildman–Crippen MR) is 56.4 cm³/mol. The molecule has 98 valence electrons. The van der Waals surface area contributed by atoms with Crippen LogP contribution >= 0.6 is 7.82 Å². The van der Waals surface area contributed by atoms with Gasteiger partial charge in [0.2, 0.25) is 0 Å². The zero-order chi connectivity index (χ0) is 13.0. The monoisotopic (exact) mass is 279 g/mol. The molecule has 0 aromatic carbocycles. The third kappa shape index (κ3) is 48.8. The molecule has 0 amide bonds. The maximum absolute atomic E-state index is 9.98. The Labute approximate surface area is 112 Å². The largest absolute Gasteiger partial charge is 3.00 e. The number of carboxylic acid groups (broad SMARTS) is 1. The summed E-state index contributed by atoms with van der Waals surface area (Å²) in [6, 6.07) is 0. The molecule has 0 saturated heterocycles. The van der Waals surface area contributed by atoms with Crippen LogP contribution in [0.1, 0.15) is 51.9 Å². The third-order valence-electron chi connectivity index (χ3n) is 1.73. The second kappa shape index (κ2) is 14.2. The van der Waals surface area contributed by atoms with Crippen molar-refractivity contribution >= 4 is 31.2 Å². The molecule has 17 heavy (non-hydrogen) atoms. The number of hydrogen-bond acceptors (Lipinski definition) is 6. The first-order chi connectivity index (χ1) is 7.27. The van der Waals surface area contributed by atoms with Crippen molar-refractivity contribution in [2.75, 3.05) is 0 Å². The molecule has 0 atom stereocenters. The van der Waals surface area contributed by atoms with E-state index in [2.05, 4.69) is 6.92 Å². The van der Waals surface area contributed by atoms with Crippen molar-refractivity contribution in [2.24, 2.45) is 0 Å². The quantitative estimate of drug-likeness (QED) is 0.310. The fraction of sp³-hybridized carbons (Fsp3) is 0.889. The first kappa shape index (κ1) is 22.3. The molecule has 0 saturated carbocycles. The molecule has 8 heteroatoms. The van der Waals surface area contributed by atoms with Gasteiger partial charge >= 0.3 is 17.4 Å². The van der Waals surface area contributed by atoms with Gasteiger partial charge in [-0.3, -0.25) is 0 Å². The van der Waals surface area contributed by atoms with Crippen LogP contribution in [0, 0.1) is 0 Å². The van der Waals surface area contributed by atoms with E-state index in [-0.39, 0.29) is 23.8 Å². The van der Waals surface area contributed by atoms with Crippen LogP contribution in [-0.4, -0.2) is 23.3 Å². The Hall–Kier alpha value is 0.112. The van der Waals surface area contributed by atoms with E-state index in [1.54, 1.807) is 0 Å². The average molecular weight is 279 g/mol. The molecule has 0 aromatic heterocycles. The summed E-state index contributed by atoms with van der Waals surface area (Å²) in [5, 5.41) is 9.98. The topological polar surface area (TPSA) is 126 Å². The zero-order valence-corrected chi connectivity index (χ0v) is 12.0. The number of phosphoric acid groups is 1. The summed E-state index contributed by atoms with van der Waals surface area (Å²) in [5.41, 5.74) is 0. The fourth-order valence-corrected chi connectivity index (χ4v) is 1.05. The van der Waals surface area contributed by atoms with Gasteiger partial charge < -0.3 is 29.1 Å². The van der Waals surface area contributed by atoms with E-state index in [1.807, 2.05) is 0 Å². The molecule has 0 spiro atoms. The molecule has 0 aliphatic heterocycles. The van der Waals surface area contributed by atoms with Gasteiger partial charge in [0.1, 0.15) is 0 Å². The van der Waals surface area contributed by atoms with Crippen LogP contribution in [0.2, 0.25) is 0 Å². The number of carbonyl (C=O) groups excluding carboxylic acids is 1. The molecular weight excluding hydrogens is 262 g/mol. The van der Waals surface area contributed by atoms with Gasteiger partial charge in [0.05, 0.1) is 0 Å². The Morgan fingerprint density at radius 3 is 1.71 bits per heavy atom. The SMILES string of the molecule is CCCCCCCCC(=O)[O-].O=P([O-])([O-])[O-].[Al+3]. The fourth-order valence-electron chi connectivity index (χ4n) is 1.05. The molecule has 0 bridgehead atoms. The van der Waals surface area contributed by atoms with E-state index < -0.39 is 13.8 Å². The number of hydrogen-bond donors (Lipinski definition) is 0. The van der Waals surface area contributed by atoms with Gasteiger partial charge in [-0.25, -0.2) is 0 Å². The maximum Gasteiger partial charge on any atom is 3.00 e. The second-order valence-corrected chi connectivity index (χ2v) is 4.23. The number of rotatable bonds is 7.